The van der Waals surface area contributed by atoms with Crippen molar-refractivity contribution in [2.75, 3.05) is 4.90 Å². The van der Waals surface area contributed by atoms with Crippen molar-refractivity contribution in [2.24, 2.45) is 0 Å². The van der Waals surface area contributed by atoms with Crippen molar-refractivity contribution in [3.05, 3.63) is 182 Å². The smallest absolute Gasteiger partial charge is 0.0541 e. The van der Waals surface area contributed by atoms with E-state index in [0.717, 1.165) is 17.1 Å². The number of hydrogen-bond donors (Lipinski definition) is 0. The lowest BCUT2D eigenvalue weighted by molar-refractivity contribution is 1.20. The van der Waals surface area contributed by atoms with Crippen LogP contribution in [-0.4, -0.2) is 4.57 Å². The van der Waals surface area contributed by atoms with E-state index in [1.165, 1.54) is 60.2 Å². The number of hydrogen-bond acceptors (Lipinski definition) is 1. The Balaban J connectivity index is 1.19. The molecular weight excluding hydrogens is 556 g/mol. The predicted octanol–water partition coefficient (Wildman–Crippen LogP) is 12.2. The second-order valence-electron chi connectivity index (χ2n) is 11.8. The van der Waals surface area contributed by atoms with Crippen LogP contribution in [0.15, 0.2) is 182 Å². The molecule has 0 aliphatic carbocycles. The maximum atomic E-state index is 2.42. The Morgan fingerprint density at radius 1 is 0.348 bits per heavy atom. The zero-order valence-electron chi connectivity index (χ0n) is 25.2. The number of aromatic nitrogens is 1. The number of anilines is 3. The molecule has 1 aromatic heterocycles. The molecule has 0 amide bonds. The largest absolute Gasteiger partial charge is 0.310 e. The molecular formula is C44H30N2. The molecule has 0 fully saturated rings. The summed E-state index contributed by atoms with van der Waals surface area (Å²) in [4.78, 5) is 2.36. The van der Waals surface area contributed by atoms with Crippen LogP contribution >= 0.6 is 0 Å². The summed E-state index contributed by atoms with van der Waals surface area (Å²) >= 11 is 0. The third-order valence-electron chi connectivity index (χ3n) is 9.18. The van der Waals surface area contributed by atoms with Crippen molar-refractivity contribution in [1.82, 2.24) is 4.57 Å². The minimum absolute atomic E-state index is 1.12. The Morgan fingerprint density at radius 2 is 0.891 bits per heavy atom. The van der Waals surface area contributed by atoms with Crippen molar-refractivity contribution in [1.29, 1.82) is 0 Å². The molecule has 0 unspecified atom stereocenters. The van der Waals surface area contributed by atoms with Gasteiger partial charge >= 0.3 is 0 Å². The first-order chi connectivity index (χ1) is 22.8. The van der Waals surface area contributed by atoms with Gasteiger partial charge in [0.2, 0.25) is 0 Å². The zero-order valence-corrected chi connectivity index (χ0v) is 25.2. The van der Waals surface area contributed by atoms with Gasteiger partial charge in [0, 0.05) is 32.9 Å². The van der Waals surface area contributed by atoms with E-state index in [0.29, 0.717) is 0 Å². The van der Waals surface area contributed by atoms with E-state index >= 15 is 0 Å². The molecule has 0 aliphatic rings. The summed E-state index contributed by atoms with van der Waals surface area (Å²) in [5, 5.41) is 7.48. The number of para-hydroxylation sites is 3. The van der Waals surface area contributed by atoms with Crippen LogP contribution in [0.4, 0.5) is 17.1 Å². The average molecular weight is 587 g/mol. The van der Waals surface area contributed by atoms with Gasteiger partial charge in [-0.1, -0.05) is 133 Å². The Labute approximate surface area is 268 Å². The van der Waals surface area contributed by atoms with Gasteiger partial charge in [-0.15, -0.1) is 0 Å². The molecule has 0 bridgehead atoms. The van der Waals surface area contributed by atoms with Crippen LogP contribution in [-0.2, 0) is 0 Å². The fourth-order valence-corrected chi connectivity index (χ4v) is 7.11. The average Bonchev–Trinajstić information content (AvgIpc) is 3.46. The van der Waals surface area contributed by atoms with Crippen molar-refractivity contribution in [3.63, 3.8) is 0 Å². The summed E-state index contributed by atoms with van der Waals surface area (Å²) in [5.74, 6) is 0. The lowest BCUT2D eigenvalue weighted by Crippen LogP contribution is -2.10. The van der Waals surface area contributed by atoms with E-state index in [4.69, 9.17) is 0 Å². The van der Waals surface area contributed by atoms with Gasteiger partial charge in [0.25, 0.3) is 0 Å². The summed E-state index contributed by atoms with van der Waals surface area (Å²) in [7, 11) is 0. The normalized spacial score (nSPS) is 11.5. The molecule has 216 valence electrons. The Bertz CT molecular complexity index is 2470. The lowest BCUT2D eigenvalue weighted by atomic mass is 9.96. The van der Waals surface area contributed by atoms with Gasteiger partial charge < -0.3 is 9.47 Å². The number of benzene rings is 8. The molecule has 8 aromatic carbocycles. The van der Waals surface area contributed by atoms with Gasteiger partial charge in [0.05, 0.1) is 22.4 Å². The summed E-state index contributed by atoms with van der Waals surface area (Å²) in [6, 6.07) is 65.6. The lowest BCUT2D eigenvalue weighted by Gasteiger charge is -2.27. The summed E-state index contributed by atoms with van der Waals surface area (Å²) < 4.78 is 2.42. The number of rotatable bonds is 5. The van der Waals surface area contributed by atoms with Crippen molar-refractivity contribution in [3.8, 4) is 16.8 Å². The molecule has 9 aromatic rings. The third-order valence-corrected chi connectivity index (χ3v) is 9.18. The Morgan fingerprint density at radius 3 is 1.61 bits per heavy atom. The third kappa shape index (κ3) is 4.19. The van der Waals surface area contributed by atoms with Gasteiger partial charge in [-0.05, 0) is 70.4 Å². The molecule has 1 heterocycles. The first kappa shape index (κ1) is 26.3. The van der Waals surface area contributed by atoms with E-state index in [1.807, 2.05) is 0 Å². The summed E-state index contributed by atoms with van der Waals surface area (Å²) in [6.07, 6.45) is 0. The standard InChI is InChI=1S/C44H30N2/c1-2-15-33(16-3-1)45(41-24-12-14-31-13-4-5-17-36(31)41)34-27-25-32(26-28-34)35-29-30-44(38-19-7-6-18-37(35)38)46-42-22-10-8-20-39(42)40-21-9-11-23-43(40)46/h1-30H. The molecule has 46 heavy (non-hydrogen) atoms. The van der Waals surface area contributed by atoms with Crippen LogP contribution in [0, 0.1) is 0 Å². The van der Waals surface area contributed by atoms with Crippen molar-refractivity contribution in [2.45, 2.75) is 0 Å². The predicted molar refractivity (Wildman–Crippen MR) is 196 cm³/mol. The van der Waals surface area contributed by atoms with Gasteiger partial charge in [-0.3, -0.25) is 0 Å². The molecule has 2 nitrogen and oxygen atoms in total. The minimum Gasteiger partial charge on any atom is -0.310 e. The van der Waals surface area contributed by atoms with Crippen LogP contribution in [0.25, 0.3) is 60.2 Å². The molecule has 2 heteroatoms. The van der Waals surface area contributed by atoms with E-state index in [9.17, 15) is 0 Å². The number of fused-ring (bicyclic) bond motifs is 5. The first-order valence-corrected chi connectivity index (χ1v) is 15.8. The molecule has 0 spiro atoms. The molecule has 0 saturated carbocycles. The van der Waals surface area contributed by atoms with Crippen molar-refractivity contribution >= 4 is 60.4 Å². The van der Waals surface area contributed by atoms with E-state index in [1.54, 1.807) is 0 Å². The Kier molecular flexibility index (Phi) is 6.17. The van der Waals surface area contributed by atoms with Crippen LogP contribution in [0.1, 0.15) is 0 Å². The van der Waals surface area contributed by atoms with Gasteiger partial charge in [-0.2, -0.15) is 0 Å². The molecule has 0 atom stereocenters. The molecule has 0 radical (unpaired) electrons. The van der Waals surface area contributed by atoms with Crippen LogP contribution in [0.5, 0.6) is 0 Å². The maximum absolute atomic E-state index is 2.42. The summed E-state index contributed by atoms with van der Waals surface area (Å²) in [6.45, 7) is 0. The molecule has 9 rings (SSSR count). The highest BCUT2D eigenvalue weighted by molar-refractivity contribution is 6.11. The SMILES string of the molecule is c1ccc(N(c2ccc(-c3ccc(-n4c5ccccc5c5ccccc54)c4ccccc34)cc2)c2cccc3ccccc23)cc1. The van der Waals surface area contributed by atoms with E-state index in [2.05, 4.69) is 191 Å². The highest BCUT2D eigenvalue weighted by Gasteiger charge is 2.17. The van der Waals surface area contributed by atoms with Gasteiger partial charge in [-0.25, -0.2) is 0 Å². The number of nitrogens with zero attached hydrogens (tertiary/aromatic N) is 2. The second kappa shape index (κ2) is 10.8. The van der Waals surface area contributed by atoms with Gasteiger partial charge in [0.1, 0.15) is 0 Å². The monoisotopic (exact) mass is 586 g/mol. The highest BCUT2D eigenvalue weighted by atomic mass is 15.1. The molecule has 0 N–H and O–H groups in total. The van der Waals surface area contributed by atoms with Crippen LogP contribution in [0.3, 0.4) is 0 Å². The molecule has 0 saturated heterocycles. The topological polar surface area (TPSA) is 8.17 Å². The van der Waals surface area contributed by atoms with Gasteiger partial charge in [0.15, 0.2) is 0 Å². The molecule has 0 aliphatic heterocycles. The van der Waals surface area contributed by atoms with Crippen LogP contribution in [0.2, 0.25) is 0 Å². The minimum atomic E-state index is 1.12. The summed E-state index contributed by atoms with van der Waals surface area (Å²) in [5.41, 5.74) is 9.48. The van der Waals surface area contributed by atoms with Crippen LogP contribution < -0.4 is 4.90 Å². The van der Waals surface area contributed by atoms with Crippen molar-refractivity contribution < 1.29 is 0 Å². The Hall–Kier alpha value is -6.12. The quantitative estimate of drug-likeness (QED) is 0.195. The highest BCUT2D eigenvalue weighted by Crippen LogP contribution is 2.41. The fourth-order valence-electron chi connectivity index (χ4n) is 7.11. The van der Waals surface area contributed by atoms with E-state index < -0.39 is 0 Å². The fraction of sp³-hybridized carbons (Fsp3) is 0. The van der Waals surface area contributed by atoms with E-state index in [-0.39, 0.29) is 0 Å². The first-order valence-electron chi connectivity index (χ1n) is 15.8. The maximum Gasteiger partial charge on any atom is 0.0541 e. The zero-order chi connectivity index (χ0) is 30.5. The second-order valence-corrected chi connectivity index (χ2v) is 11.8.